The van der Waals surface area contributed by atoms with E-state index in [-0.39, 0.29) is 0 Å². The van der Waals surface area contributed by atoms with Crippen molar-refractivity contribution < 1.29 is 0 Å². The number of anilines is 1. The maximum atomic E-state index is 5.85. The highest BCUT2D eigenvalue weighted by Crippen LogP contribution is 2.34. The van der Waals surface area contributed by atoms with E-state index in [2.05, 4.69) is 43.0 Å². The standard InChI is InChI=1S/C15H18N2S/c1-10-3-6-15(18-10)11(2)17-8-12-4-5-14(16)7-13(12)9-17/h3-7,11H,8-9,16H2,1-2H3. The summed E-state index contributed by atoms with van der Waals surface area (Å²) < 4.78 is 0. The van der Waals surface area contributed by atoms with Gasteiger partial charge in [0.15, 0.2) is 0 Å². The number of fused-ring (bicyclic) bond motifs is 1. The minimum Gasteiger partial charge on any atom is -0.399 e. The summed E-state index contributed by atoms with van der Waals surface area (Å²) in [5.41, 5.74) is 9.53. The molecule has 1 atom stereocenters. The van der Waals surface area contributed by atoms with E-state index in [1.165, 1.54) is 20.9 Å². The van der Waals surface area contributed by atoms with E-state index in [0.717, 1.165) is 18.8 Å². The Hall–Kier alpha value is -1.32. The molecule has 0 fully saturated rings. The zero-order chi connectivity index (χ0) is 12.7. The molecule has 2 N–H and O–H groups in total. The quantitative estimate of drug-likeness (QED) is 0.832. The van der Waals surface area contributed by atoms with Gasteiger partial charge < -0.3 is 5.73 Å². The van der Waals surface area contributed by atoms with Crippen LogP contribution in [0.5, 0.6) is 0 Å². The Kier molecular flexibility index (Phi) is 2.88. The lowest BCUT2D eigenvalue weighted by molar-refractivity contribution is 0.218. The first-order valence-corrected chi connectivity index (χ1v) is 7.13. The highest BCUT2D eigenvalue weighted by atomic mass is 32.1. The SMILES string of the molecule is Cc1ccc(C(C)N2Cc3ccc(N)cc3C2)s1. The van der Waals surface area contributed by atoms with Gasteiger partial charge in [-0.05, 0) is 49.2 Å². The second-order valence-electron chi connectivity index (χ2n) is 5.06. The van der Waals surface area contributed by atoms with E-state index in [4.69, 9.17) is 5.73 Å². The number of nitrogen functional groups attached to an aromatic ring is 1. The number of hydrogen-bond acceptors (Lipinski definition) is 3. The fraction of sp³-hybridized carbons (Fsp3) is 0.333. The Morgan fingerprint density at radius 3 is 2.67 bits per heavy atom. The zero-order valence-electron chi connectivity index (χ0n) is 10.8. The number of thiophene rings is 1. The van der Waals surface area contributed by atoms with Gasteiger partial charge in [0, 0.05) is 34.6 Å². The highest BCUT2D eigenvalue weighted by Gasteiger charge is 2.24. The first-order chi connectivity index (χ1) is 8.63. The molecule has 2 heterocycles. The van der Waals surface area contributed by atoms with E-state index in [0.29, 0.717) is 6.04 Å². The average molecular weight is 258 g/mol. The third-order valence-corrected chi connectivity index (χ3v) is 4.87. The van der Waals surface area contributed by atoms with Crippen LogP contribution in [0.15, 0.2) is 30.3 Å². The summed E-state index contributed by atoms with van der Waals surface area (Å²) in [6.45, 7) is 6.51. The molecule has 3 heteroatoms. The Bertz CT molecular complexity index is 574. The number of aryl methyl sites for hydroxylation is 1. The average Bonchev–Trinajstić information content (AvgIpc) is 2.93. The normalized spacial score (nSPS) is 16.8. The van der Waals surface area contributed by atoms with Gasteiger partial charge in [0.1, 0.15) is 0 Å². The topological polar surface area (TPSA) is 29.3 Å². The monoisotopic (exact) mass is 258 g/mol. The predicted octanol–water partition coefficient (Wildman–Crippen LogP) is 3.72. The van der Waals surface area contributed by atoms with Gasteiger partial charge in [-0.2, -0.15) is 0 Å². The number of benzene rings is 1. The van der Waals surface area contributed by atoms with Crippen molar-refractivity contribution >= 4 is 17.0 Å². The van der Waals surface area contributed by atoms with E-state index in [9.17, 15) is 0 Å². The van der Waals surface area contributed by atoms with Gasteiger partial charge in [-0.15, -0.1) is 11.3 Å². The first-order valence-electron chi connectivity index (χ1n) is 6.31. The smallest absolute Gasteiger partial charge is 0.0420 e. The van der Waals surface area contributed by atoms with Gasteiger partial charge in [-0.25, -0.2) is 0 Å². The number of nitrogens with two attached hydrogens (primary N) is 1. The summed E-state index contributed by atoms with van der Waals surface area (Å²) in [6.07, 6.45) is 0. The second kappa shape index (κ2) is 4.41. The minimum absolute atomic E-state index is 0.484. The van der Waals surface area contributed by atoms with Crippen molar-refractivity contribution in [3.8, 4) is 0 Å². The van der Waals surface area contributed by atoms with Crippen molar-refractivity contribution in [3.05, 3.63) is 51.2 Å². The van der Waals surface area contributed by atoms with E-state index < -0.39 is 0 Å². The lowest BCUT2D eigenvalue weighted by Crippen LogP contribution is -2.19. The van der Waals surface area contributed by atoms with Crippen molar-refractivity contribution in [3.63, 3.8) is 0 Å². The molecular formula is C15H18N2S. The van der Waals surface area contributed by atoms with Crippen LogP contribution in [0.25, 0.3) is 0 Å². The summed E-state index contributed by atoms with van der Waals surface area (Å²) in [7, 11) is 0. The van der Waals surface area contributed by atoms with Gasteiger partial charge in [0.25, 0.3) is 0 Å². The van der Waals surface area contributed by atoms with E-state index >= 15 is 0 Å². The van der Waals surface area contributed by atoms with Gasteiger partial charge in [0.2, 0.25) is 0 Å². The molecule has 18 heavy (non-hydrogen) atoms. The third kappa shape index (κ3) is 2.04. The first kappa shape index (κ1) is 11.8. The van der Waals surface area contributed by atoms with Crippen molar-refractivity contribution in [2.45, 2.75) is 33.0 Å². The molecular weight excluding hydrogens is 240 g/mol. The molecule has 0 saturated heterocycles. The zero-order valence-corrected chi connectivity index (χ0v) is 11.6. The molecule has 1 unspecified atom stereocenters. The van der Waals surface area contributed by atoms with Crippen molar-refractivity contribution in [2.24, 2.45) is 0 Å². The largest absolute Gasteiger partial charge is 0.399 e. The molecule has 1 aliphatic rings. The summed E-state index contributed by atoms with van der Waals surface area (Å²) in [5.74, 6) is 0. The van der Waals surface area contributed by atoms with Gasteiger partial charge in [-0.3, -0.25) is 4.90 Å². The minimum atomic E-state index is 0.484. The molecule has 3 rings (SSSR count). The van der Waals surface area contributed by atoms with Gasteiger partial charge >= 0.3 is 0 Å². The fourth-order valence-corrected chi connectivity index (χ4v) is 3.54. The molecule has 0 spiro atoms. The van der Waals surface area contributed by atoms with Gasteiger partial charge in [0.05, 0.1) is 0 Å². The van der Waals surface area contributed by atoms with Crippen molar-refractivity contribution in [1.82, 2.24) is 4.90 Å². The van der Waals surface area contributed by atoms with Crippen LogP contribution in [0.3, 0.4) is 0 Å². The predicted molar refractivity (Wildman–Crippen MR) is 77.6 cm³/mol. The fourth-order valence-electron chi connectivity index (χ4n) is 2.57. The Morgan fingerprint density at radius 1 is 1.17 bits per heavy atom. The van der Waals surface area contributed by atoms with E-state index in [1.807, 2.05) is 17.4 Å². The molecule has 1 aromatic heterocycles. The molecule has 2 aromatic rings. The van der Waals surface area contributed by atoms with Crippen LogP contribution < -0.4 is 5.73 Å². The van der Waals surface area contributed by atoms with Gasteiger partial charge in [-0.1, -0.05) is 6.07 Å². The molecule has 2 nitrogen and oxygen atoms in total. The van der Waals surface area contributed by atoms with Crippen molar-refractivity contribution in [2.75, 3.05) is 5.73 Å². The van der Waals surface area contributed by atoms with Crippen LogP contribution in [-0.4, -0.2) is 4.90 Å². The lowest BCUT2D eigenvalue weighted by Gasteiger charge is -2.22. The molecule has 1 aliphatic heterocycles. The Balaban J connectivity index is 1.81. The van der Waals surface area contributed by atoms with Crippen LogP contribution in [0.4, 0.5) is 5.69 Å². The Morgan fingerprint density at radius 2 is 1.94 bits per heavy atom. The highest BCUT2D eigenvalue weighted by molar-refractivity contribution is 7.12. The number of hydrogen-bond donors (Lipinski definition) is 1. The second-order valence-corrected chi connectivity index (χ2v) is 6.38. The molecule has 0 aliphatic carbocycles. The molecule has 1 aromatic carbocycles. The Labute approximate surface area is 112 Å². The third-order valence-electron chi connectivity index (χ3n) is 3.70. The maximum absolute atomic E-state index is 5.85. The van der Waals surface area contributed by atoms with Crippen LogP contribution in [0.1, 0.15) is 33.8 Å². The van der Waals surface area contributed by atoms with Crippen molar-refractivity contribution in [1.29, 1.82) is 0 Å². The maximum Gasteiger partial charge on any atom is 0.0420 e. The van der Waals surface area contributed by atoms with Crippen LogP contribution >= 0.6 is 11.3 Å². The number of rotatable bonds is 2. The molecule has 0 radical (unpaired) electrons. The molecule has 0 amide bonds. The summed E-state index contributed by atoms with van der Waals surface area (Å²) >= 11 is 1.90. The van der Waals surface area contributed by atoms with E-state index in [1.54, 1.807) is 0 Å². The molecule has 0 bridgehead atoms. The summed E-state index contributed by atoms with van der Waals surface area (Å²) in [6, 6.07) is 11.2. The molecule has 94 valence electrons. The number of nitrogens with zero attached hydrogens (tertiary/aromatic N) is 1. The van der Waals surface area contributed by atoms with Crippen LogP contribution in [-0.2, 0) is 13.1 Å². The lowest BCUT2D eigenvalue weighted by atomic mass is 10.1. The molecule has 0 saturated carbocycles. The van der Waals surface area contributed by atoms with Crippen LogP contribution in [0.2, 0.25) is 0 Å². The van der Waals surface area contributed by atoms with Crippen LogP contribution in [0, 0.1) is 6.92 Å². The summed E-state index contributed by atoms with van der Waals surface area (Å²) in [4.78, 5) is 5.35. The summed E-state index contributed by atoms with van der Waals surface area (Å²) in [5, 5.41) is 0.